The molecule has 1 aliphatic rings. The largest absolute Gasteiger partial charge is 0.456 e. The van der Waals surface area contributed by atoms with Crippen molar-refractivity contribution >= 4 is 27.5 Å². The van der Waals surface area contributed by atoms with Gasteiger partial charge in [-0.25, -0.2) is 9.97 Å². The van der Waals surface area contributed by atoms with Gasteiger partial charge in [0, 0.05) is 38.9 Å². The molecule has 0 spiro atoms. The average Bonchev–Trinajstić information content (AvgIpc) is 3.66. The number of hydrogen-bond donors (Lipinski definition) is 0. The molecule has 258 valence electrons. The zero-order valence-corrected chi connectivity index (χ0v) is 30.0. The molecule has 9 aromatic rings. The summed E-state index contributed by atoms with van der Waals surface area (Å²) < 4.78 is 6.49. The third kappa shape index (κ3) is 6.20. The lowest BCUT2D eigenvalue weighted by Crippen LogP contribution is -2.00. The summed E-state index contributed by atoms with van der Waals surface area (Å²) in [5.74, 6) is 0.915. The number of hydrogen-bond acceptors (Lipinski definition) is 3. The molecule has 3 heteroatoms. The summed E-state index contributed by atoms with van der Waals surface area (Å²) in [6.07, 6.45) is 7.92. The summed E-state index contributed by atoms with van der Waals surface area (Å²) in [4.78, 5) is 10.2. The highest BCUT2D eigenvalue weighted by atomic mass is 16.3. The van der Waals surface area contributed by atoms with Crippen molar-refractivity contribution in [2.75, 3.05) is 0 Å². The maximum Gasteiger partial charge on any atom is 0.160 e. The predicted octanol–water partition coefficient (Wildman–Crippen LogP) is 13.4. The maximum atomic E-state index is 6.49. The van der Waals surface area contributed by atoms with Gasteiger partial charge in [-0.15, -0.1) is 0 Å². The summed E-state index contributed by atoms with van der Waals surface area (Å²) in [6.45, 7) is 0. The molecule has 55 heavy (non-hydrogen) atoms. The van der Waals surface area contributed by atoms with Gasteiger partial charge >= 0.3 is 0 Å². The molecular weight excluding hydrogens is 669 g/mol. The van der Waals surface area contributed by atoms with E-state index in [9.17, 15) is 0 Å². The van der Waals surface area contributed by atoms with Crippen molar-refractivity contribution in [1.29, 1.82) is 0 Å². The Labute approximate surface area is 320 Å². The van der Waals surface area contributed by atoms with Crippen LogP contribution in [0.15, 0.2) is 193 Å². The summed E-state index contributed by atoms with van der Waals surface area (Å²) in [7, 11) is 0. The second-order valence-corrected chi connectivity index (χ2v) is 13.9. The number of allylic oxidation sites excluding steroid dienone is 4. The van der Waals surface area contributed by atoms with Crippen LogP contribution in [0.3, 0.4) is 0 Å². The highest BCUT2D eigenvalue weighted by Crippen LogP contribution is 2.41. The van der Waals surface area contributed by atoms with Crippen LogP contribution in [0.4, 0.5) is 0 Å². The van der Waals surface area contributed by atoms with Gasteiger partial charge in [0.1, 0.15) is 11.2 Å². The van der Waals surface area contributed by atoms with Crippen LogP contribution in [0, 0.1) is 12.1 Å². The van der Waals surface area contributed by atoms with E-state index in [4.69, 9.17) is 14.4 Å². The quantitative estimate of drug-likeness (QED) is 0.166. The molecule has 0 aliphatic heterocycles. The van der Waals surface area contributed by atoms with Gasteiger partial charge in [0.2, 0.25) is 0 Å². The molecule has 1 atom stereocenters. The molecular formula is C52H34N2O. The Morgan fingerprint density at radius 3 is 2.05 bits per heavy atom. The van der Waals surface area contributed by atoms with Crippen molar-refractivity contribution in [1.82, 2.24) is 9.97 Å². The fourth-order valence-electron chi connectivity index (χ4n) is 7.76. The van der Waals surface area contributed by atoms with Crippen LogP contribution < -0.4 is 0 Å². The fraction of sp³-hybridized carbons (Fsp3) is 0.0385. The second-order valence-electron chi connectivity index (χ2n) is 13.9. The third-order valence-corrected chi connectivity index (χ3v) is 10.5. The molecule has 2 heterocycles. The molecule has 0 bridgehead atoms. The number of aromatic nitrogens is 2. The number of rotatable bonds is 7. The maximum absolute atomic E-state index is 6.49. The standard InChI is InChI=1S/C52H34N2O/c1-5-14-35(15-6-1)41-28-30-43(37-16-7-2-8-17-37)45(32-41)38-26-24-36(25-27-38)42-29-31-49-46(33-42)51-44(22-13-23-50(51)55-49)48-34-47(39-18-9-3-10-19-39)53-52(54-48)40-20-11-4-12-21-40/h1-5,7-14,16-24,26-34,36H,25H2. The van der Waals surface area contributed by atoms with Crippen LogP contribution in [0.2, 0.25) is 0 Å². The minimum absolute atomic E-state index is 0.221. The van der Waals surface area contributed by atoms with Gasteiger partial charge in [-0.3, -0.25) is 0 Å². The Morgan fingerprint density at radius 1 is 0.545 bits per heavy atom. The average molecular weight is 703 g/mol. The van der Waals surface area contributed by atoms with Crippen molar-refractivity contribution < 1.29 is 4.42 Å². The van der Waals surface area contributed by atoms with Crippen LogP contribution in [0.1, 0.15) is 23.5 Å². The molecule has 3 nitrogen and oxygen atoms in total. The van der Waals surface area contributed by atoms with Gasteiger partial charge in [0.25, 0.3) is 0 Å². The zero-order valence-electron chi connectivity index (χ0n) is 30.0. The fourth-order valence-corrected chi connectivity index (χ4v) is 7.76. The van der Waals surface area contributed by atoms with Gasteiger partial charge in [0.15, 0.2) is 5.82 Å². The number of furan rings is 1. The smallest absolute Gasteiger partial charge is 0.160 e. The second kappa shape index (κ2) is 13.9. The van der Waals surface area contributed by atoms with Crippen LogP contribution in [-0.2, 0) is 0 Å². The number of nitrogens with zero attached hydrogens (tertiary/aromatic N) is 2. The van der Waals surface area contributed by atoms with Crippen LogP contribution in [0.5, 0.6) is 0 Å². The molecule has 0 fully saturated rings. The minimum Gasteiger partial charge on any atom is -0.456 e. The Balaban J connectivity index is 1.04. The Hall–Kier alpha value is -7.28. The summed E-state index contributed by atoms with van der Waals surface area (Å²) in [5.41, 5.74) is 14.8. The molecule has 0 saturated heterocycles. The van der Waals surface area contributed by atoms with E-state index in [1.54, 1.807) is 0 Å². The molecule has 7 aromatic carbocycles. The molecule has 2 aromatic heterocycles. The molecule has 1 unspecified atom stereocenters. The van der Waals surface area contributed by atoms with Gasteiger partial charge in [-0.1, -0.05) is 158 Å². The lowest BCUT2D eigenvalue weighted by molar-refractivity contribution is 0.668. The predicted molar refractivity (Wildman–Crippen MR) is 225 cm³/mol. The lowest BCUT2D eigenvalue weighted by Gasteiger charge is -2.20. The van der Waals surface area contributed by atoms with E-state index in [2.05, 4.69) is 152 Å². The normalized spacial score (nSPS) is 13.8. The first kappa shape index (κ1) is 32.4. The monoisotopic (exact) mass is 702 g/mol. The molecule has 10 rings (SSSR count). The van der Waals surface area contributed by atoms with Crippen molar-refractivity contribution in [3.63, 3.8) is 0 Å². The first-order valence-electron chi connectivity index (χ1n) is 18.7. The minimum atomic E-state index is 0.221. The molecule has 0 amide bonds. The Morgan fingerprint density at radius 2 is 1.31 bits per heavy atom. The highest BCUT2D eigenvalue weighted by molar-refractivity contribution is 6.12. The molecule has 1 aliphatic carbocycles. The topological polar surface area (TPSA) is 38.9 Å². The molecule has 0 N–H and O–H groups in total. The zero-order chi connectivity index (χ0) is 36.6. The summed E-state index contributed by atoms with van der Waals surface area (Å²) >= 11 is 0. The van der Waals surface area contributed by atoms with Crippen LogP contribution >= 0.6 is 0 Å². The van der Waals surface area contributed by atoms with E-state index >= 15 is 0 Å². The van der Waals surface area contributed by atoms with E-state index in [0.717, 1.165) is 67.6 Å². The lowest BCUT2D eigenvalue weighted by atomic mass is 9.84. The highest BCUT2D eigenvalue weighted by Gasteiger charge is 2.20. The van der Waals surface area contributed by atoms with E-state index < -0.39 is 0 Å². The van der Waals surface area contributed by atoms with Crippen molar-refractivity contribution in [3.05, 3.63) is 211 Å². The van der Waals surface area contributed by atoms with Gasteiger partial charge in [-0.05, 0) is 82.3 Å². The number of benzene rings is 6. The SMILES string of the molecule is c1cccc(-c2ccc(-c3ccccc3)c(C3=CCC(c4ccc5oc6cccc(-c7cc(-c8ccccc8)nc(-c8ccccc8)n7)c6c5c4)C=C3)c2)c#1. The van der Waals surface area contributed by atoms with Gasteiger partial charge in [0.05, 0.1) is 11.4 Å². The van der Waals surface area contributed by atoms with Gasteiger partial charge in [-0.2, -0.15) is 0 Å². The van der Waals surface area contributed by atoms with E-state index in [0.29, 0.717) is 5.82 Å². The van der Waals surface area contributed by atoms with Crippen molar-refractivity contribution in [3.8, 4) is 56.2 Å². The summed E-state index contributed by atoms with van der Waals surface area (Å²) in [6, 6.07) is 65.2. The van der Waals surface area contributed by atoms with E-state index in [1.807, 2.05) is 48.5 Å². The van der Waals surface area contributed by atoms with Crippen LogP contribution in [0.25, 0.3) is 83.7 Å². The molecule has 0 saturated carbocycles. The third-order valence-electron chi connectivity index (χ3n) is 10.5. The van der Waals surface area contributed by atoms with Crippen molar-refractivity contribution in [2.45, 2.75) is 12.3 Å². The first-order chi connectivity index (χ1) is 27.2. The Bertz CT molecular complexity index is 2820. The van der Waals surface area contributed by atoms with E-state index in [-0.39, 0.29) is 5.92 Å². The van der Waals surface area contributed by atoms with E-state index in [1.165, 1.54) is 27.8 Å². The Kier molecular flexibility index (Phi) is 8.20. The number of fused-ring (bicyclic) bond motifs is 3. The van der Waals surface area contributed by atoms with Crippen molar-refractivity contribution in [2.24, 2.45) is 0 Å². The molecule has 0 radical (unpaired) electrons. The van der Waals surface area contributed by atoms with Gasteiger partial charge < -0.3 is 4.42 Å². The van der Waals surface area contributed by atoms with Crippen LogP contribution in [-0.4, -0.2) is 9.97 Å². The first-order valence-corrected chi connectivity index (χ1v) is 18.7. The summed E-state index contributed by atoms with van der Waals surface area (Å²) in [5, 5.41) is 2.15.